The molecule has 134 valence electrons. The number of nitrogens with zero attached hydrogens (tertiary/aromatic N) is 1. The minimum absolute atomic E-state index is 0.0232. The summed E-state index contributed by atoms with van der Waals surface area (Å²) < 4.78 is 5.68. The van der Waals surface area contributed by atoms with Crippen LogP contribution in [0.3, 0.4) is 0 Å². The average molecular weight is 334 g/mol. The van der Waals surface area contributed by atoms with E-state index in [0.29, 0.717) is 13.1 Å². The molecule has 1 N–H and O–H groups in total. The maximum Gasteiger partial charge on any atom is 0.242 e. The van der Waals surface area contributed by atoms with Crippen LogP contribution in [-0.2, 0) is 14.3 Å². The van der Waals surface area contributed by atoms with Crippen LogP contribution in [0.15, 0.2) is 0 Å². The van der Waals surface area contributed by atoms with Crippen molar-refractivity contribution in [2.24, 2.45) is 23.2 Å². The minimum Gasteiger partial charge on any atom is -0.372 e. The van der Waals surface area contributed by atoms with Crippen molar-refractivity contribution in [3.8, 4) is 0 Å². The first-order valence-electron chi connectivity index (χ1n) is 9.65. The summed E-state index contributed by atoms with van der Waals surface area (Å²) in [6.45, 7) is 5.36. The number of hydrogen-bond acceptors (Lipinski definition) is 3. The van der Waals surface area contributed by atoms with Gasteiger partial charge in [-0.25, -0.2) is 0 Å². The Balaban J connectivity index is 1.34. The van der Waals surface area contributed by atoms with Gasteiger partial charge in [0.15, 0.2) is 0 Å². The largest absolute Gasteiger partial charge is 0.372 e. The van der Waals surface area contributed by atoms with Crippen LogP contribution in [0, 0.1) is 23.2 Å². The fraction of sp³-hybridized carbons (Fsp3) is 0.895. The first kappa shape index (κ1) is 16.4. The first-order valence-corrected chi connectivity index (χ1v) is 9.65. The highest BCUT2D eigenvalue weighted by atomic mass is 16.5. The van der Waals surface area contributed by atoms with Gasteiger partial charge in [-0.05, 0) is 70.1 Å². The number of nitrogens with one attached hydrogen (secondary N) is 1. The van der Waals surface area contributed by atoms with Gasteiger partial charge < -0.3 is 15.0 Å². The number of ether oxygens (including phenoxy) is 1. The molecule has 0 unspecified atom stereocenters. The summed E-state index contributed by atoms with van der Waals surface area (Å²) in [6.07, 6.45) is 7.26. The van der Waals surface area contributed by atoms with E-state index >= 15 is 0 Å². The molecular weight excluding hydrogens is 304 g/mol. The summed E-state index contributed by atoms with van der Waals surface area (Å²) in [6, 6.07) is 0. The van der Waals surface area contributed by atoms with E-state index in [0.717, 1.165) is 37.0 Å². The molecule has 1 aliphatic heterocycles. The van der Waals surface area contributed by atoms with E-state index in [-0.39, 0.29) is 36.0 Å². The topological polar surface area (TPSA) is 58.6 Å². The third kappa shape index (κ3) is 2.96. The van der Waals surface area contributed by atoms with E-state index in [9.17, 15) is 9.59 Å². The molecule has 0 aromatic carbocycles. The van der Waals surface area contributed by atoms with Crippen molar-refractivity contribution in [2.75, 3.05) is 19.6 Å². The second-order valence-electron chi connectivity index (χ2n) is 8.94. The number of morpholine rings is 1. The lowest BCUT2D eigenvalue weighted by Crippen LogP contribution is -2.56. The van der Waals surface area contributed by atoms with Gasteiger partial charge in [0.1, 0.15) is 0 Å². The van der Waals surface area contributed by atoms with Gasteiger partial charge in [0.05, 0.1) is 18.8 Å². The smallest absolute Gasteiger partial charge is 0.242 e. The molecule has 4 saturated carbocycles. The molecule has 0 spiro atoms. The van der Waals surface area contributed by atoms with Crippen LogP contribution >= 0.6 is 0 Å². The minimum atomic E-state index is -0.166. The van der Waals surface area contributed by atoms with Crippen LogP contribution in [0.25, 0.3) is 0 Å². The number of carbonyl (C=O) groups is 2. The molecule has 5 rings (SSSR count). The molecule has 2 amide bonds. The Hall–Kier alpha value is -1.10. The molecular formula is C19H30N2O3. The van der Waals surface area contributed by atoms with Gasteiger partial charge in [0.2, 0.25) is 11.8 Å². The van der Waals surface area contributed by atoms with Gasteiger partial charge in [0.25, 0.3) is 0 Å². The lowest BCUT2D eigenvalue weighted by atomic mass is 9.49. The lowest BCUT2D eigenvalue weighted by molar-refractivity contribution is -0.150. The third-order valence-corrected chi connectivity index (χ3v) is 6.69. The highest BCUT2D eigenvalue weighted by Crippen LogP contribution is 2.60. The van der Waals surface area contributed by atoms with Gasteiger partial charge in [-0.2, -0.15) is 0 Å². The van der Waals surface area contributed by atoms with Crippen molar-refractivity contribution in [2.45, 2.75) is 64.6 Å². The molecule has 0 aromatic heterocycles. The van der Waals surface area contributed by atoms with E-state index in [1.54, 1.807) is 0 Å². The Morgan fingerprint density at radius 3 is 2.00 bits per heavy atom. The van der Waals surface area contributed by atoms with E-state index in [2.05, 4.69) is 5.32 Å². The number of carbonyl (C=O) groups excluding carboxylic acids is 2. The van der Waals surface area contributed by atoms with Crippen molar-refractivity contribution < 1.29 is 14.3 Å². The fourth-order valence-electron chi connectivity index (χ4n) is 6.23. The number of hydrogen-bond donors (Lipinski definition) is 1. The van der Waals surface area contributed by atoms with Gasteiger partial charge >= 0.3 is 0 Å². The monoisotopic (exact) mass is 334 g/mol. The Kier molecular flexibility index (Phi) is 4.10. The zero-order valence-corrected chi connectivity index (χ0v) is 14.9. The Morgan fingerprint density at radius 2 is 1.50 bits per heavy atom. The average Bonchev–Trinajstić information content (AvgIpc) is 2.50. The van der Waals surface area contributed by atoms with E-state index in [4.69, 9.17) is 4.74 Å². The predicted molar refractivity (Wildman–Crippen MR) is 90.2 cm³/mol. The van der Waals surface area contributed by atoms with Gasteiger partial charge in [-0.15, -0.1) is 0 Å². The van der Waals surface area contributed by atoms with Crippen LogP contribution < -0.4 is 5.32 Å². The lowest BCUT2D eigenvalue weighted by Gasteiger charge is -2.55. The Bertz CT molecular complexity index is 487. The summed E-state index contributed by atoms with van der Waals surface area (Å²) in [5.41, 5.74) is -0.166. The summed E-state index contributed by atoms with van der Waals surface area (Å²) >= 11 is 0. The molecule has 0 aromatic rings. The molecule has 5 nitrogen and oxygen atoms in total. The second-order valence-corrected chi connectivity index (χ2v) is 8.94. The SMILES string of the molecule is C[C@@H]1CN(C(=O)CNC(=O)C23CC4CC(CC(C4)C2)C3)C[C@H](C)O1. The predicted octanol–water partition coefficient (Wildman–Crippen LogP) is 1.95. The van der Waals surface area contributed by atoms with Crippen molar-refractivity contribution in [1.29, 1.82) is 0 Å². The van der Waals surface area contributed by atoms with Gasteiger partial charge in [0, 0.05) is 18.5 Å². The summed E-state index contributed by atoms with van der Waals surface area (Å²) in [4.78, 5) is 27.2. The van der Waals surface area contributed by atoms with Crippen LogP contribution in [0.1, 0.15) is 52.4 Å². The Labute approximate surface area is 144 Å². The highest BCUT2D eigenvalue weighted by molar-refractivity contribution is 5.88. The van der Waals surface area contributed by atoms with E-state index < -0.39 is 0 Å². The molecule has 5 heteroatoms. The van der Waals surface area contributed by atoms with Gasteiger partial charge in [-0.3, -0.25) is 9.59 Å². The molecule has 1 saturated heterocycles. The van der Waals surface area contributed by atoms with E-state index in [1.165, 1.54) is 19.3 Å². The molecule has 24 heavy (non-hydrogen) atoms. The quantitative estimate of drug-likeness (QED) is 0.858. The zero-order valence-electron chi connectivity index (χ0n) is 14.9. The number of rotatable bonds is 3. The fourth-order valence-corrected chi connectivity index (χ4v) is 6.23. The normalized spacial score (nSPS) is 43.8. The van der Waals surface area contributed by atoms with Gasteiger partial charge in [-0.1, -0.05) is 0 Å². The summed E-state index contributed by atoms with van der Waals surface area (Å²) in [5.74, 6) is 2.41. The Morgan fingerprint density at radius 1 is 1.00 bits per heavy atom. The summed E-state index contributed by atoms with van der Waals surface area (Å²) in [7, 11) is 0. The molecule has 4 bridgehead atoms. The summed E-state index contributed by atoms with van der Waals surface area (Å²) in [5, 5.41) is 3.00. The van der Waals surface area contributed by atoms with Crippen molar-refractivity contribution >= 4 is 11.8 Å². The third-order valence-electron chi connectivity index (χ3n) is 6.69. The zero-order chi connectivity index (χ0) is 16.9. The number of amides is 2. The first-order chi connectivity index (χ1) is 11.4. The molecule has 1 heterocycles. The van der Waals surface area contributed by atoms with Crippen LogP contribution in [0.4, 0.5) is 0 Å². The molecule has 0 radical (unpaired) electrons. The standard InChI is InChI=1S/C19H30N2O3/c1-12-10-21(11-13(2)24-12)17(22)9-20-18(23)19-6-14-3-15(7-19)5-16(4-14)8-19/h12-16H,3-11H2,1-2H3,(H,20,23)/t12-,13+,14?,15?,16?,19?. The maximum atomic E-state index is 12.9. The van der Waals surface area contributed by atoms with Crippen molar-refractivity contribution in [3.63, 3.8) is 0 Å². The van der Waals surface area contributed by atoms with Crippen molar-refractivity contribution in [1.82, 2.24) is 10.2 Å². The van der Waals surface area contributed by atoms with Crippen LogP contribution in [-0.4, -0.2) is 48.6 Å². The maximum absolute atomic E-state index is 12.9. The molecule has 5 aliphatic rings. The molecule has 5 fully saturated rings. The van der Waals surface area contributed by atoms with Crippen LogP contribution in [0.2, 0.25) is 0 Å². The van der Waals surface area contributed by atoms with E-state index in [1.807, 2.05) is 18.7 Å². The molecule has 2 atom stereocenters. The second kappa shape index (κ2) is 6.01. The van der Waals surface area contributed by atoms with Crippen LogP contribution in [0.5, 0.6) is 0 Å². The van der Waals surface area contributed by atoms with Crippen molar-refractivity contribution in [3.05, 3.63) is 0 Å². The highest BCUT2D eigenvalue weighted by Gasteiger charge is 2.54. The molecule has 4 aliphatic carbocycles.